The molecule has 2 N–H and O–H groups in total. The highest BCUT2D eigenvalue weighted by Gasteiger charge is 2.24. The summed E-state index contributed by atoms with van der Waals surface area (Å²) in [4.78, 5) is 4.21. The van der Waals surface area contributed by atoms with Crippen LogP contribution >= 0.6 is 15.9 Å². The molecule has 0 spiro atoms. The predicted octanol–water partition coefficient (Wildman–Crippen LogP) is 3.15. The first-order valence-electron chi connectivity index (χ1n) is 6.09. The van der Waals surface area contributed by atoms with Crippen molar-refractivity contribution in [1.82, 2.24) is 4.98 Å². The van der Waals surface area contributed by atoms with E-state index < -0.39 is 0 Å². The van der Waals surface area contributed by atoms with E-state index in [1.807, 2.05) is 12.4 Å². The Labute approximate surface area is 106 Å². The van der Waals surface area contributed by atoms with Crippen molar-refractivity contribution in [3.8, 4) is 0 Å². The van der Waals surface area contributed by atoms with Gasteiger partial charge in [0.1, 0.15) is 0 Å². The Hall–Kier alpha value is -0.410. The fraction of sp³-hybridized carbons (Fsp3) is 0.615. The lowest BCUT2D eigenvalue weighted by Crippen LogP contribution is -2.24. The van der Waals surface area contributed by atoms with Crippen molar-refractivity contribution in [2.75, 3.05) is 6.54 Å². The number of hydrogen-bond donors (Lipinski definition) is 1. The largest absolute Gasteiger partial charge is 0.330 e. The van der Waals surface area contributed by atoms with Crippen molar-refractivity contribution in [3.05, 3.63) is 28.5 Å². The molecule has 0 saturated heterocycles. The molecule has 1 aliphatic carbocycles. The molecular weight excluding hydrogens is 264 g/mol. The molecule has 1 aliphatic rings. The number of rotatable bonds is 4. The van der Waals surface area contributed by atoms with Gasteiger partial charge in [-0.1, -0.05) is 25.7 Å². The Bertz CT molecular complexity index is 334. The fourth-order valence-corrected chi connectivity index (χ4v) is 3.15. The van der Waals surface area contributed by atoms with Crippen LogP contribution in [0, 0.1) is 11.8 Å². The molecule has 1 aromatic rings. The Kier molecular flexibility index (Phi) is 4.36. The molecule has 0 bridgehead atoms. The van der Waals surface area contributed by atoms with Gasteiger partial charge in [-0.05, 0) is 52.4 Å². The zero-order chi connectivity index (χ0) is 11.4. The van der Waals surface area contributed by atoms with Crippen LogP contribution in [0.5, 0.6) is 0 Å². The third-order valence-electron chi connectivity index (χ3n) is 3.63. The number of aromatic nitrogens is 1. The maximum atomic E-state index is 5.91. The third-order valence-corrected chi connectivity index (χ3v) is 4.06. The van der Waals surface area contributed by atoms with Gasteiger partial charge in [-0.3, -0.25) is 4.98 Å². The van der Waals surface area contributed by atoms with Gasteiger partial charge >= 0.3 is 0 Å². The van der Waals surface area contributed by atoms with Crippen LogP contribution in [-0.2, 0) is 6.42 Å². The summed E-state index contributed by atoms with van der Waals surface area (Å²) >= 11 is 3.46. The zero-order valence-electron chi connectivity index (χ0n) is 9.53. The second-order valence-electron chi connectivity index (χ2n) is 4.76. The lowest BCUT2D eigenvalue weighted by Gasteiger charge is -2.21. The lowest BCUT2D eigenvalue weighted by atomic mass is 9.86. The van der Waals surface area contributed by atoms with E-state index in [0.29, 0.717) is 5.92 Å². The van der Waals surface area contributed by atoms with Crippen LogP contribution in [0.1, 0.15) is 31.2 Å². The lowest BCUT2D eigenvalue weighted by molar-refractivity contribution is 0.344. The average Bonchev–Trinajstić information content (AvgIpc) is 2.79. The molecule has 1 heterocycles. The van der Waals surface area contributed by atoms with Crippen LogP contribution in [0.15, 0.2) is 22.9 Å². The van der Waals surface area contributed by atoms with Crippen LogP contribution in [0.3, 0.4) is 0 Å². The molecule has 0 amide bonds. The number of pyridine rings is 1. The number of nitrogens with zero attached hydrogens (tertiary/aromatic N) is 1. The van der Waals surface area contributed by atoms with Gasteiger partial charge in [0.05, 0.1) is 0 Å². The van der Waals surface area contributed by atoms with Gasteiger partial charge < -0.3 is 5.73 Å². The highest BCUT2D eigenvalue weighted by molar-refractivity contribution is 9.10. The molecule has 1 saturated carbocycles. The van der Waals surface area contributed by atoms with Gasteiger partial charge in [-0.2, -0.15) is 0 Å². The minimum absolute atomic E-state index is 0.638. The van der Waals surface area contributed by atoms with E-state index in [2.05, 4.69) is 27.0 Å². The van der Waals surface area contributed by atoms with Crippen molar-refractivity contribution in [2.45, 2.75) is 32.1 Å². The van der Waals surface area contributed by atoms with Crippen molar-refractivity contribution >= 4 is 15.9 Å². The van der Waals surface area contributed by atoms with Crippen LogP contribution < -0.4 is 5.73 Å². The maximum absolute atomic E-state index is 5.91. The minimum atomic E-state index is 0.638. The SMILES string of the molecule is NCC(Cc1cncc(Br)c1)C1CCCC1. The Morgan fingerprint density at radius 3 is 2.75 bits per heavy atom. The average molecular weight is 283 g/mol. The van der Waals surface area contributed by atoms with Crippen LogP contribution in [0.25, 0.3) is 0 Å². The summed E-state index contributed by atoms with van der Waals surface area (Å²) in [7, 11) is 0. The van der Waals surface area contributed by atoms with Gasteiger partial charge in [-0.15, -0.1) is 0 Å². The summed E-state index contributed by atoms with van der Waals surface area (Å²) in [6.45, 7) is 0.803. The van der Waals surface area contributed by atoms with Crippen LogP contribution in [0.4, 0.5) is 0 Å². The van der Waals surface area contributed by atoms with Crippen LogP contribution in [0.2, 0.25) is 0 Å². The minimum Gasteiger partial charge on any atom is -0.330 e. The summed E-state index contributed by atoms with van der Waals surface area (Å²) in [5, 5.41) is 0. The van der Waals surface area contributed by atoms with Crippen molar-refractivity contribution in [1.29, 1.82) is 0 Å². The summed E-state index contributed by atoms with van der Waals surface area (Å²) in [6, 6.07) is 2.16. The van der Waals surface area contributed by atoms with Gasteiger partial charge in [0.2, 0.25) is 0 Å². The van der Waals surface area contributed by atoms with Gasteiger partial charge in [-0.25, -0.2) is 0 Å². The standard InChI is InChI=1S/C13H19BrN2/c14-13-6-10(8-16-9-13)5-12(7-15)11-3-1-2-4-11/h6,8-9,11-12H,1-5,7,15H2. The molecule has 2 nitrogen and oxygen atoms in total. The first kappa shape index (κ1) is 12.1. The molecule has 0 radical (unpaired) electrons. The molecule has 0 aliphatic heterocycles. The molecule has 0 aromatic carbocycles. The molecule has 1 unspecified atom stereocenters. The molecule has 88 valence electrons. The highest BCUT2D eigenvalue weighted by atomic mass is 79.9. The predicted molar refractivity (Wildman–Crippen MR) is 70.1 cm³/mol. The van der Waals surface area contributed by atoms with E-state index in [0.717, 1.165) is 23.4 Å². The molecule has 16 heavy (non-hydrogen) atoms. The Balaban J connectivity index is 2.00. The highest BCUT2D eigenvalue weighted by Crippen LogP contribution is 2.32. The van der Waals surface area contributed by atoms with Gasteiger partial charge in [0.15, 0.2) is 0 Å². The monoisotopic (exact) mass is 282 g/mol. The molecule has 1 fully saturated rings. The quantitative estimate of drug-likeness (QED) is 0.922. The molecule has 1 atom stereocenters. The molecule has 2 rings (SSSR count). The Morgan fingerprint density at radius 2 is 2.12 bits per heavy atom. The molecular formula is C13H19BrN2. The number of nitrogens with two attached hydrogens (primary N) is 1. The molecule has 1 aromatic heterocycles. The van der Waals surface area contributed by atoms with E-state index in [9.17, 15) is 0 Å². The topological polar surface area (TPSA) is 38.9 Å². The Morgan fingerprint density at radius 1 is 1.38 bits per heavy atom. The normalized spacial score (nSPS) is 18.9. The maximum Gasteiger partial charge on any atom is 0.0410 e. The fourth-order valence-electron chi connectivity index (χ4n) is 2.74. The smallest absolute Gasteiger partial charge is 0.0410 e. The summed E-state index contributed by atoms with van der Waals surface area (Å²) < 4.78 is 1.06. The van der Waals surface area contributed by atoms with Crippen molar-refractivity contribution in [2.24, 2.45) is 17.6 Å². The second kappa shape index (κ2) is 5.78. The third kappa shape index (κ3) is 3.05. The van der Waals surface area contributed by atoms with E-state index >= 15 is 0 Å². The number of hydrogen-bond acceptors (Lipinski definition) is 2. The molecule has 3 heteroatoms. The van der Waals surface area contributed by atoms with Gasteiger partial charge in [0.25, 0.3) is 0 Å². The van der Waals surface area contributed by atoms with Crippen molar-refractivity contribution < 1.29 is 0 Å². The van der Waals surface area contributed by atoms with Gasteiger partial charge in [0, 0.05) is 16.9 Å². The van der Waals surface area contributed by atoms with Crippen molar-refractivity contribution in [3.63, 3.8) is 0 Å². The summed E-state index contributed by atoms with van der Waals surface area (Å²) in [5.74, 6) is 1.47. The second-order valence-corrected chi connectivity index (χ2v) is 5.67. The van der Waals surface area contributed by atoms with E-state index in [1.165, 1.54) is 31.2 Å². The first-order valence-corrected chi connectivity index (χ1v) is 6.88. The first-order chi connectivity index (χ1) is 7.79. The number of halogens is 1. The summed E-state index contributed by atoms with van der Waals surface area (Å²) in [5.41, 5.74) is 7.21. The summed E-state index contributed by atoms with van der Waals surface area (Å²) in [6.07, 6.45) is 10.4. The van der Waals surface area contributed by atoms with E-state index in [1.54, 1.807) is 0 Å². The van der Waals surface area contributed by atoms with Crippen LogP contribution in [-0.4, -0.2) is 11.5 Å². The van der Waals surface area contributed by atoms with E-state index in [4.69, 9.17) is 5.73 Å². The van der Waals surface area contributed by atoms with E-state index in [-0.39, 0.29) is 0 Å². The zero-order valence-corrected chi connectivity index (χ0v) is 11.1.